The number of methoxy groups -OCH3 is 1. The van der Waals surface area contributed by atoms with Crippen molar-refractivity contribution in [2.45, 2.75) is 32.2 Å². The summed E-state index contributed by atoms with van der Waals surface area (Å²) in [5.74, 6) is 1.72. The molecule has 0 spiro atoms. The van der Waals surface area contributed by atoms with Crippen molar-refractivity contribution in [3.8, 4) is 5.75 Å². The van der Waals surface area contributed by atoms with Crippen LogP contribution in [0, 0.1) is 0 Å². The summed E-state index contributed by atoms with van der Waals surface area (Å²) in [7, 11) is 1.69. The van der Waals surface area contributed by atoms with Crippen LogP contribution in [0.5, 0.6) is 5.75 Å². The van der Waals surface area contributed by atoms with Gasteiger partial charge in [-0.1, -0.05) is 0 Å². The first-order valence-corrected chi connectivity index (χ1v) is 11.3. The SMILES string of the molecule is COc1ccc(N2CC[NH+](Cc3nc4sc5c(c4c(=O)[nH]3)CCCC5)CC2)cc1. The summed E-state index contributed by atoms with van der Waals surface area (Å²) < 4.78 is 5.25. The number of rotatable bonds is 4. The Morgan fingerprint density at radius 3 is 2.69 bits per heavy atom. The number of anilines is 1. The number of piperazine rings is 1. The number of aromatic amines is 1. The third-order valence-corrected chi connectivity index (χ3v) is 7.39. The number of hydrogen-bond donors (Lipinski definition) is 2. The first-order valence-electron chi connectivity index (χ1n) is 10.5. The molecule has 6 nitrogen and oxygen atoms in total. The summed E-state index contributed by atoms with van der Waals surface area (Å²) >= 11 is 1.73. The van der Waals surface area contributed by atoms with Gasteiger partial charge < -0.3 is 19.5 Å². The molecule has 2 aromatic heterocycles. The maximum atomic E-state index is 12.7. The minimum absolute atomic E-state index is 0.0562. The van der Waals surface area contributed by atoms with Crippen molar-refractivity contribution >= 4 is 27.2 Å². The van der Waals surface area contributed by atoms with E-state index in [1.54, 1.807) is 18.4 Å². The van der Waals surface area contributed by atoms with E-state index < -0.39 is 0 Å². The quantitative estimate of drug-likeness (QED) is 0.687. The molecule has 0 bridgehead atoms. The maximum Gasteiger partial charge on any atom is 0.260 e. The second kappa shape index (κ2) is 7.80. The smallest absolute Gasteiger partial charge is 0.260 e. The van der Waals surface area contributed by atoms with Gasteiger partial charge in [-0.2, -0.15) is 0 Å². The Bertz CT molecular complexity index is 1060. The Balaban J connectivity index is 1.27. The van der Waals surface area contributed by atoms with E-state index in [0.717, 1.165) is 67.4 Å². The number of H-pyrrole nitrogens is 1. The van der Waals surface area contributed by atoms with Gasteiger partial charge in [-0.05, 0) is 55.5 Å². The molecule has 0 unspecified atom stereocenters. The molecule has 2 N–H and O–H groups in total. The van der Waals surface area contributed by atoms with Crippen LogP contribution >= 0.6 is 11.3 Å². The Morgan fingerprint density at radius 1 is 1.17 bits per heavy atom. The van der Waals surface area contributed by atoms with Crippen molar-refractivity contribution in [1.82, 2.24) is 9.97 Å². The summed E-state index contributed by atoms with van der Waals surface area (Å²) in [5.41, 5.74) is 2.56. The molecule has 7 heteroatoms. The molecule has 1 aliphatic carbocycles. The lowest BCUT2D eigenvalue weighted by Crippen LogP contribution is -3.13. The normalized spacial score (nSPS) is 17.5. The lowest BCUT2D eigenvalue weighted by atomic mass is 9.97. The van der Waals surface area contributed by atoms with Crippen LogP contribution in [0.3, 0.4) is 0 Å². The van der Waals surface area contributed by atoms with Crippen molar-refractivity contribution < 1.29 is 9.64 Å². The molecule has 1 aromatic carbocycles. The van der Waals surface area contributed by atoms with Crippen molar-refractivity contribution in [2.75, 3.05) is 38.2 Å². The Labute approximate surface area is 174 Å². The van der Waals surface area contributed by atoms with Crippen LogP contribution in [0.25, 0.3) is 10.2 Å². The molecule has 152 valence electrons. The van der Waals surface area contributed by atoms with Gasteiger partial charge in [-0.3, -0.25) is 4.79 Å². The highest BCUT2D eigenvalue weighted by atomic mass is 32.1. The van der Waals surface area contributed by atoms with E-state index in [2.05, 4.69) is 22.0 Å². The van der Waals surface area contributed by atoms with Crippen LogP contribution in [0.2, 0.25) is 0 Å². The standard InChI is InChI=1S/C22H26N4O2S/c1-28-16-8-6-15(7-9-16)26-12-10-25(11-13-26)14-19-23-21(27)20-17-4-2-3-5-18(17)29-22(20)24-19/h6-9H,2-5,10-14H2,1H3,(H,23,24,27)/p+1. The highest BCUT2D eigenvalue weighted by Crippen LogP contribution is 2.33. The Kier molecular flexibility index (Phi) is 5.01. The Morgan fingerprint density at radius 2 is 1.93 bits per heavy atom. The van der Waals surface area contributed by atoms with E-state index in [0.29, 0.717) is 0 Å². The summed E-state index contributed by atoms with van der Waals surface area (Å²) in [6.07, 6.45) is 4.54. The number of benzene rings is 1. The lowest BCUT2D eigenvalue weighted by Gasteiger charge is -2.33. The molecule has 29 heavy (non-hydrogen) atoms. The fourth-order valence-electron chi connectivity index (χ4n) is 4.58. The second-order valence-corrected chi connectivity index (χ2v) is 9.10. The summed E-state index contributed by atoms with van der Waals surface area (Å²) in [6.45, 7) is 4.86. The van der Waals surface area contributed by atoms with Gasteiger partial charge in [0.15, 0.2) is 5.82 Å². The van der Waals surface area contributed by atoms with Gasteiger partial charge in [0, 0.05) is 10.6 Å². The van der Waals surface area contributed by atoms with Crippen LogP contribution in [0.1, 0.15) is 29.1 Å². The van der Waals surface area contributed by atoms with Crippen LogP contribution in [-0.2, 0) is 19.4 Å². The van der Waals surface area contributed by atoms with Gasteiger partial charge in [0.1, 0.15) is 17.1 Å². The van der Waals surface area contributed by atoms with Crippen molar-refractivity contribution in [2.24, 2.45) is 0 Å². The van der Waals surface area contributed by atoms with Crippen LogP contribution < -0.4 is 20.1 Å². The number of hydrogen-bond acceptors (Lipinski definition) is 5. The van der Waals surface area contributed by atoms with Crippen LogP contribution in [-0.4, -0.2) is 43.3 Å². The van der Waals surface area contributed by atoms with Gasteiger partial charge in [0.05, 0.1) is 38.7 Å². The first kappa shape index (κ1) is 18.6. The van der Waals surface area contributed by atoms with Gasteiger partial charge >= 0.3 is 0 Å². The molecule has 1 saturated heterocycles. The van der Waals surface area contributed by atoms with Gasteiger partial charge in [-0.25, -0.2) is 4.98 Å². The van der Waals surface area contributed by atoms with E-state index in [4.69, 9.17) is 9.72 Å². The monoisotopic (exact) mass is 411 g/mol. The number of quaternary nitrogens is 1. The van der Waals surface area contributed by atoms with Crippen molar-refractivity contribution in [3.05, 3.63) is 50.9 Å². The van der Waals surface area contributed by atoms with E-state index >= 15 is 0 Å². The summed E-state index contributed by atoms with van der Waals surface area (Å²) in [6, 6.07) is 8.27. The average Bonchev–Trinajstić information content (AvgIpc) is 3.13. The Hall–Kier alpha value is -2.38. The zero-order valence-electron chi connectivity index (χ0n) is 16.8. The van der Waals surface area contributed by atoms with Gasteiger partial charge in [0.25, 0.3) is 5.56 Å². The molecule has 3 aromatic rings. The number of nitrogens with one attached hydrogen (secondary N) is 2. The van der Waals surface area contributed by atoms with Crippen LogP contribution in [0.15, 0.2) is 29.1 Å². The zero-order valence-corrected chi connectivity index (χ0v) is 17.6. The lowest BCUT2D eigenvalue weighted by molar-refractivity contribution is -0.915. The maximum absolute atomic E-state index is 12.7. The van der Waals surface area contributed by atoms with Crippen LogP contribution in [0.4, 0.5) is 5.69 Å². The van der Waals surface area contributed by atoms with Gasteiger partial charge in [-0.15, -0.1) is 11.3 Å². The molecular formula is C22H27N4O2S+. The third-order valence-electron chi connectivity index (χ3n) is 6.20. The molecule has 5 rings (SSSR count). The molecule has 1 fully saturated rings. The summed E-state index contributed by atoms with van der Waals surface area (Å²) in [4.78, 5) is 26.9. The highest BCUT2D eigenvalue weighted by Gasteiger charge is 2.23. The van der Waals surface area contributed by atoms with E-state index in [-0.39, 0.29) is 5.56 Å². The van der Waals surface area contributed by atoms with E-state index in [1.165, 1.54) is 33.9 Å². The molecule has 0 saturated carbocycles. The number of aryl methyl sites for hydroxylation is 2. The number of ether oxygens (including phenoxy) is 1. The number of fused-ring (bicyclic) bond motifs is 3. The fourth-order valence-corrected chi connectivity index (χ4v) is 5.86. The minimum atomic E-state index is 0.0562. The molecule has 3 heterocycles. The average molecular weight is 412 g/mol. The number of aromatic nitrogens is 2. The first-order chi connectivity index (χ1) is 14.2. The van der Waals surface area contributed by atoms with E-state index in [9.17, 15) is 4.79 Å². The van der Waals surface area contributed by atoms with Crippen molar-refractivity contribution in [1.29, 1.82) is 0 Å². The summed E-state index contributed by atoms with van der Waals surface area (Å²) in [5, 5.41) is 0.854. The van der Waals surface area contributed by atoms with Gasteiger partial charge in [0.2, 0.25) is 0 Å². The number of thiophene rings is 1. The molecular weight excluding hydrogens is 384 g/mol. The second-order valence-electron chi connectivity index (χ2n) is 8.02. The number of nitrogens with zero attached hydrogens (tertiary/aromatic N) is 2. The topological polar surface area (TPSA) is 62.7 Å². The zero-order chi connectivity index (χ0) is 19.8. The predicted molar refractivity (Wildman–Crippen MR) is 116 cm³/mol. The molecule has 0 atom stereocenters. The molecule has 1 aliphatic heterocycles. The van der Waals surface area contributed by atoms with E-state index in [1.807, 2.05) is 12.1 Å². The fraction of sp³-hybridized carbons (Fsp3) is 0.455. The predicted octanol–water partition coefficient (Wildman–Crippen LogP) is 1.78. The molecule has 2 aliphatic rings. The molecule has 0 amide bonds. The third kappa shape index (κ3) is 3.65. The highest BCUT2D eigenvalue weighted by molar-refractivity contribution is 7.18. The largest absolute Gasteiger partial charge is 0.497 e. The van der Waals surface area contributed by atoms with Crippen molar-refractivity contribution in [3.63, 3.8) is 0 Å². The molecule has 0 radical (unpaired) electrons. The minimum Gasteiger partial charge on any atom is -0.497 e.